The van der Waals surface area contributed by atoms with Crippen LogP contribution in [0, 0.1) is 0 Å². The van der Waals surface area contributed by atoms with Gasteiger partial charge in [-0.25, -0.2) is 0 Å². The number of aliphatic hydroxyl groups excluding tert-OH is 1. The van der Waals surface area contributed by atoms with Gasteiger partial charge in [-0.3, -0.25) is 0 Å². The molecule has 18 heavy (non-hydrogen) atoms. The molecule has 0 amide bonds. The second-order valence-corrected chi connectivity index (χ2v) is 4.28. The Hall–Kier alpha value is -1.11. The van der Waals surface area contributed by atoms with E-state index in [9.17, 15) is 18.3 Å². The maximum absolute atomic E-state index is 12.5. The van der Waals surface area contributed by atoms with Crippen molar-refractivity contribution in [2.24, 2.45) is 0 Å². The van der Waals surface area contributed by atoms with E-state index in [4.69, 9.17) is 4.74 Å². The lowest BCUT2D eigenvalue weighted by molar-refractivity contribution is -0.137. The normalized spacial score (nSPS) is 18.4. The third-order valence-electron chi connectivity index (χ3n) is 2.84. The maximum atomic E-state index is 12.5. The van der Waals surface area contributed by atoms with Crippen molar-refractivity contribution >= 4 is 0 Å². The second-order valence-electron chi connectivity index (χ2n) is 4.28. The molecule has 0 saturated carbocycles. The van der Waals surface area contributed by atoms with Crippen LogP contribution in [0.3, 0.4) is 0 Å². The van der Waals surface area contributed by atoms with Gasteiger partial charge in [0.15, 0.2) is 0 Å². The van der Waals surface area contributed by atoms with Crippen molar-refractivity contribution in [1.82, 2.24) is 5.32 Å². The van der Waals surface area contributed by atoms with Crippen molar-refractivity contribution in [3.63, 3.8) is 0 Å². The molecule has 1 fully saturated rings. The number of hydrogen-bond acceptors (Lipinski definition) is 3. The lowest BCUT2D eigenvalue weighted by Crippen LogP contribution is -2.47. The molecule has 2 N–H and O–H groups in total. The summed E-state index contributed by atoms with van der Waals surface area (Å²) in [4.78, 5) is 0. The highest BCUT2D eigenvalue weighted by atomic mass is 19.4. The second kappa shape index (κ2) is 5.26. The molecule has 3 nitrogen and oxygen atoms in total. The predicted octanol–water partition coefficient (Wildman–Crippen LogP) is 1.73. The van der Waals surface area contributed by atoms with Gasteiger partial charge in [-0.05, 0) is 17.7 Å². The lowest BCUT2D eigenvalue weighted by atomic mass is 10.1. The van der Waals surface area contributed by atoms with Gasteiger partial charge in [0.1, 0.15) is 0 Å². The molecule has 1 aliphatic rings. The van der Waals surface area contributed by atoms with E-state index in [0.29, 0.717) is 13.2 Å². The van der Waals surface area contributed by atoms with Crippen molar-refractivity contribution in [2.45, 2.75) is 18.3 Å². The largest absolute Gasteiger partial charge is 0.416 e. The topological polar surface area (TPSA) is 41.5 Å². The summed E-state index contributed by atoms with van der Waals surface area (Å²) < 4.78 is 42.4. The molecule has 1 aliphatic heterocycles. The van der Waals surface area contributed by atoms with Crippen LogP contribution in [0.5, 0.6) is 0 Å². The van der Waals surface area contributed by atoms with E-state index >= 15 is 0 Å². The van der Waals surface area contributed by atoms with E-state index < -0.39 is 17.8 Å². The van der Waals surface area contributed by atoms with E-state index in [1.165, 1.54) is 12.1 Å². The minimum absolute atomic E-state index is 0.186. The molecule has 0 bridgehead atoms. The first-order chi connectivity index (χ1) is 8.47. The number of rotatable bonds is 4. The molecule has 1 heterocycles. The Labute approximate surface area is 103 Å². The van der Waals surface area contributed by atoms with Crippen LogP contribution in [0.1, 0.15) is 17.2 Å². The molecular weight excluding hydrogens is 247 g/mol. The third-order valence-corrected chi connectivity index (χ3v) is 2.84. The van der Waals surface area contributed by atoms with Crippen LogP contribution < -0.4 is 5.32 Å². The molecule has 6 heteroatoms. The van der Waals surface area contributed by atoms with Crippen LogP contribution in [0.2, 0.25) is 0 Å². The molecule has 1 saturated heterocycles. The van der Waals surface area contributed by atoms with Gasteiger partial charge in [-0.15, -0.1) is 0 Å². The first kappa shape index (κ1) is 13.3. The number of alkyl halides is 3. The minimum atomic E-state index is -4.38. The number of benzene rings is 1. The van der Waals surface area contributed by atoms with Crippen LogP contribution in [0.25, 0.3) is 0 Å². The van der Waals surface area contributed by atoms with Gasteiger partial charge in [0, 0.05) is 6.54 Å². The average Bonchev–Trinajstić information content (AvgIpc) is 2.26. The molecule has 1 aromatic carbocycles. The van der Waals surface area contributed by atoms with Gasteiger partial charge < -0.3 is 15.2 Å². The van der Waals surface area contributed by atoms with Crippen LogP contribution in [-0.4, -0.2) is 30.9 Å². The molecule has 1 aromatic rings. The Morgan fingerprint density at radius 2 is 2.11 bits per heavy atom. The lowest BCUT2D eigenvalue weighted by Gasteiger charge is -2.28. The zero-order valence-electron chi connectivity index (χ0n) is 9.57. The Kier molecular flexibility index (Phi) is 3.89. The standard InChI is InChI=1S/C12H14F3NO2/c13-12(14,15)9-3-1-2-8(4-9)11(17)5-16-10-6-18-7-10/h1-4,10-11,16-17H,5-7H2. The minimum Gasteiger partial charge on any atom is -0.387 e. The number of hydrogen-bond donors (Lipinski definition) is 2. The zero-order chi connectivity index (χ0) is 13.2. The Morgan fingerprint density at radius 1 is 1.39 bits per heavy atom. The summed E-state index contributed by atoms with van der Waals surface area (Å²) in [5, 5.41) is 12.8. The zero-order valence-corrected chi connectivity index (χ0v) is 9.57. The van der Waals surface area contributed by atoms with E-state index in [2.05, 4.69) is 5.32 Å². The number of nitrogens with one attached hydrogen (secondary N) is 1. The van der Waals surface area contributed by atoms with Crippen molar-refractivity contribution in [3.05, 3.63) is 35.4 Å². The molecule has 1 unspecified atom stereocenters. The number of aliphatic hydroxyl groups is 1. The van der Waals surface area contributed by atoms with Crippen LogP contribution in [0.15, 0.2) is 24.3 Å². The summed E-state index contributed by atoms with van der Waals surface area (Å²) in [6, 6.07) is 4.94. The summed E-state index contributed by atoms with van der Waals surface area (Å²) in [6.45, 7) is 1.37. The SMILES string of the molecule is OC(CNC1COC1)c1cccc(C(F)(F)F)c1. The Bertz CT molecular complexity index is 405. The van der Waals surface area contributed by atoms with Crippen LogP contribution >= 0.6 is 0 Å². The average molecular weight is 261 g/mol. The fraction of sp³-hybridized carbons (Fsp3) is 0.500. The maximum Gasteiger partial charge on any atom is 0.416 e. The molecule has 2 rings (SSSR count). The molecule has 100 valence electrons. The van der Waals surface area contributed by atoms with Crippen molar-refractivity contribution in [1.29, 1.82) is 0 Å². The number of halogens is 3. The Balaban J connectivity index is 1.98. The quantitative estimate of drug-likeness (QED) is 0.867. The van der Waals surface area contributed by atoms with E-state index in [1.807, 2.05) is 0 Å². The van der Waals surface area contributed by atoms with Gasteiger partial charge in [-0.1, -0.05) is 12.1 Å². The summed E-state index contributed by atoms with van der Waals surface area (Å²) in [6.07, 6.45) is -5.33. The Morgan fingerprint density at radius 3 is 2.67 bits per heavy atom. The van der Waals surface area contributed by atoms with Crippen molar-refractivity contribution < 1.29 is 23.0 Å². The highest BCUT2D eigenvalue weighted by Gasteiger charge is 2.31. The van der Waals surface area contributed by atoms with E-state index in [-0.39, 0.29) is 18.2 Å². The number of ether oxygens (including phenoxy) is 1. The fourth-order valence-electron chi connectivity index (χ4n) is 1.67. The monoisotopic (exact) mass is 261 g/mol. The van der Waals surface area contributed by atoms with E-state index in [0.717, 1.165) is 12.1 Å². The van der Waals surface area contributed by atoms with Gasteiger partial charge in [0.25, 0.3) is 0 Å². The molecule has 0 aromatic heterocycles. The smallest absolute Gasteiger partial charge is 0.387 e. The summed E-state index contributed by atoms with van der Waals surface area (Å²) in [5.41, 5.74) is -0.483. The van der Waals surface area contributed by atoms with Crippen LogP contribution in [-0.2, 0) is 10.9 Å². The van der Waals surface area contributed by atoms with Gasteiger partial charge in [0.2, 0.25) is 0 Å². The summed E-state index contributed by atoms with van der Waals surface area (Å²) >= 11 is 0. The van der Waals surface area contributed by atoms with E-state index in [1.54, 1.807) is 0 Å². The molecule has 0 spiro atoms. The van der Waals surface area contributed by atoms with Crippen molar-refractivity contribution in [3.8, 4) is 0 Å². The summed E-state index contributed by atoms with van der Waals surface area (Å²) in [5.74, 6) is 0. The third kappa shape index (κ3) is 3.22. The highest BCUT2D eigenvalue weighted by molar-refractivity contribution is 5.27. The molecule has 0 aliphatic carbocycles. The first-order valence-corrected chi connectivity index (χ1v) is 5.63. The molecular formula is C12H14F3NO2. The summed E-state index contributed by atoms with van der Waals surface area (Å²) in [7, 11) is 0. The fourth-order valence-corrected chi connectivity index (χ4v) is 1.67. The predicted molar refractivity (Wildman–Crippen MR) is 59.0 cm³/mol. The molecule has 1 atom stereocenters. The first-order valence-electron chi connectivity index (χ1n) is 5.63. The van der Waals surface area contributed by atoms with Gasteiger partial charge in [0.05, 0.1) is 30.9 Å². The van der Waals surface area contributed by atoms with Gasteiger partial charge in [-0.2, -0.15) is 13.2 Å². The van der Waals surface area contributed by atoms with Gasteiger partial charge >= 0.3 is 6.18 Å². The van der Waals surface area contributed by atoms with Crippen molar-refractivity contribution in [2.75, 3.05) is 19.8 Å². The molecule has 0 radical (unpaired) electrons. The highest BCUT2D eigenvalue weighted by Crippen LogP contribution is 2.30. The van der Waals surface area contributed by atoms with Crippen LogP contribution in [0.4, 0.5) is 13.2 Å².